The van der Waals surface area contributed by atoms with Crippen LogP contribution in [0.5, 0.6) is 6.01 Å². The maximum Gasteiger partial charge on any atom is 0.418 e. The van der Waals surface area contributed by atoms with E-state index >= 15 is 4.39 Å². The Morgan fingerprint density at radius 1 is 1.25 bits per heavy atom. The molecule has 7 rings (SSSR count). The topological polar surface area (TPSA) is 135 Å². The van der Waals surface area contributed by atoms with Crippen LogP contribution >= 0.6 is 0 Å². The number of rotatable bonds is 6. The SMILES string of the molecule is C=C1CN2CCC[C@]2(COc2nc3c(c(N4Cc5cc(C(=O)N(C)C)nn5C[C@@](C)(O)C4)n2)CO[C@H](c2c(F)c(N)cc(C#CC)c2C(F)(F)F)C3)C1. The Balaban J connectivity index is 1.32. The summed E-state index contributed by atoms with van der Waals surface area (Å²) in [7, 11) is 3.24. The van der Waals surface area contributed by atoms with Gasteiger partial charge in [-0.15, -0.1) is 5.92 Å². The maximum atomic E-state index is 15.8. The zero-order valence-electron chi connectivity index (χ0n) is 30.1. The number of amides is 1. The summed E-state index contributed by atoms with van der Waals surface area (Å²) in [6, 6.07) is 2.53. The van der Waals surface area contributed by atoms with Crippen LogP contribution in [0.15, 0.2) is 24.3 Å². The average molecular weight is 739 g/mol. The molecule has 3 N–H and O–H groups in total. The molecule has 4 aliphatic rings. The number of alkyl halides is 3. The monoisotopic (exact) mass is 738 g/mol. The van der Waals surface area contributed by atoms with Gasteiger partial charge in [0.25, 0.3) is 5.91 Å². The highest BCUT2D eigenvalue weighted by Crippen LogP contribution is 2.45. The first-order valence-corrected chi connectivity index (χ1v) is 17.4. The fourth-order valence-electron chi connectivity index (χ4n) is 8.17. The van der Waals surface area contributed by atoms with Crippen LogP contribution in [0.3, 0.4) is 0 Å². The summed E-state index contributed by atoms with van der Waals surface area (Å²) in [4.78, 5) is 27.9. The van der Waals surface area contributed by atoms with E-state index < -0.39 is 46.1 Å². The molecule has 1 aromatic carbocycles. The predicted molar refractivity (Wildman–Crippen MR) is 186 cm³/mol. The number of carbonyl (C=O) groups excluding carboxylic acids is 1. The Morgan fingerprint density at radius 3 is 2.74 bits per heavy atom. The molecule has 0 saturated carbocycles. The number of aliphatic hydroxyl groups is 1. The van der Waals surface area contributed by atoms with Gasteiger partial charge >= 0.3 is 12.2 Å². The first-order valence-electron chi connectivity index (χ1n) is 17.4. The lowest BCUT2D eigenvalue weighted by molar-refractivity contribution is -0.140. The molecule has 0 radical (unpaired) electrons. The second kappa shape index (κ2) is 13.3. The molecule has 3 atom stereocenters. The summed E-state index contributed by atoms with van der Waals surface area (Å²) < 4.78 is 73.7. The third-order valence-corrected chi connectivity index (χ3v) is 10.4. The number of ether oxygens (including phenoxy) is 2. The number of β-amino-alcohol motifs (C(OH)–C–C–N with tert-alkyl or cyclic N) is 1. The van der Waals surface area contributed by atoms with Gasteiger partial charge in [-0.2, -0.15) is 28.2 Å². The lowest BCUT2D eigenvalue weighted by Gasteiger charge is -2.34. The molecule has 2 aromatic heterocycles. The van der Waals surface area contributed by atoms with Crippen molar-refractivity contribution in [2.75, 3.05) is 51.0 Å². The molecule has 0 spiro atoms. The summed E-state index contributed by atoms with van der Waals surface area (Å²) in [5.41, 5.74) is 4.02. The quantitative estimate of drug-likeness (QED) is 0.164. The molecule has 3 aromatic rings. The van der Waals surface area contributed by atoms with E-state index in [1.165, 1.54) is 11.8 Å². The number of anilines is 2. The predicted octanol–water partition coefficient (Wildman–Crippen LogP) is 4.24. The third kappa shape index (κ3) is 6.81. The van der Waals surface area contributed by atoms with Crippen LogP contribution < -0.4 is 15.4 Å². The summed E-state index contributed by atoms with van der Waals surface area (Å²) in [5, 5.41) is 16.0. The van der Waals surface area contributed by atoms with E-state index in [1.807, 2.05) is 0 Å². The van der Waals surface area contributed by atoms with Gasteiger partial charge in [-0.1, -0.05) is 18.1 Å². The Kier molecular flexibility index (Phi) is 9.19. The lowest BCUT2D eigenvalue weighted by Crippen LogP contribution is -2.44. The first kappa shape index (κ1) is 36.6. The van der Waals surface area contributed by atoms with Gasteiger partial charge in [-0.25, -0.2) is 4.39 Å². The van der Waals surface area contributed by atoms with Crippen LogP contribution in [0.4, 0.5) is 29.1 Å². The first-order chi connectivity index (χ1) is 25.0. The second-order valence-corrected chi connectivity index (χ2v) is 14.9. The number of aromatic nitrogens is 4. The minimum Gasteiger partial charge on any atom is -0.461 e. The van der Waals surface area contributed by atoms with Crippen molar-refractivity contribution in [2.24, 2.45) is 0 Å². The van der Waals surface area contributed by atoms with E-state index in [4.69, 9.17) is 25.2 Å². The molecule has 53 heavy (non-hydrogen) atoms. The summed E-state index contributed by atoms with van der Waals surface area (Å²) in [6.07, 6.45) is -4.01. The van der Waals surface area contributed by atoms with Crippen molar-refractivity contribution in [1.82, 2.24) is 29.5 Å². The van der Waals surface area contributed by atoms with E-state index in [0.717, 1.165) is 44.0 Å². The van der Waals surface area contributed by atoms with Crippen molar-refractivity contribution in [3.63, 3.8) is 0 Å². The fraction of sp³-hybridized carbons (Fsp3) is 0.514. The minimum absolute atomic E-state index is 0.0133. The highest BCUT2D eigenvalue weighted by molar-refractivity contribution is 5.92. The van der Waals surface area contributed by atoms with Gasteiger partial charge in [-0.05, 0) is 51.8 Å². The highest BCUT2D eigenvalue weighted by Gasteiger charge is 2.47. The molecule has 16 heteroatoms. The van der Waals surface area contributed by atoms with Crippen molar-refractivity contribution >= 4 is 17.4 Å². The van der Waals surface area contributed by atoms with Crippen LogP contribution in [0.1, 0.15) is 83.3 Å². The number of halogens is 4. The molecule has 6 heterocycles. The van der Waals surface area contributed by atoms with E-state index in [1.54, 1.807) is 36.7 Å². The van der Waals surface area contributed by atoms with Crippen molar-refractivity contribution in [2.45, 2.75) is 82.6 Å². The van der Waals surface area contributed by atoms with E-state index in [-0.39, 0.29) is 62.4 Å². The zero-order valence-corrected chi connectivity index (χ0v) is 30.1. The maximum absolute atomic E-state index is 15.8. The number of nitrogens with zero attached hydrogens (tertiary/aromatic N) is 7. The smallest absolute Gasteiger partial charge is 0.418 e. The van der Waals surface area contributed by atoms with E-state index in [2.05, 4.69) is 28.4 Å². The number of nitrogen functional groups attached to an aromatic ring is 1. The normalized spacial score (nSPS) is 24.2. The third-order valence-electron chi connectivity index (χ3n) is 10.4. The number of carbonyl (C=O) groups is 1. The van der Waals surface area contributed by atoms with E-state index in [9.17, 15) is 23.1 Å². The van der Waals surface area contributed by atoms with Crippen LogP contribution in [0.25, 0.3) is 0 Å². The molecule has 1 amide bonds. The summed E-state index contributed by atoms with van der Waals surface area (Å²) >= 11 is 0. The molecule has 2 saturated heterocycles. The number of benzene rings is 1. The molecular weight excluding hydrogens is 696 g/mol. The van der Waals surface area contributed by atoms with Crippen LogP contribution in [0, 0.1) is 17.7 Å². The Hall–Kier alpha value is -4.72. The molecule has 4 aliphatic heterocycles. The van der Waals surface area contributed by atoms with Gasteiger partial charge in [0.1, 0.15) is 12.4 Å². The summed E-state index contributed by atoms with van der Waals surface area (Å²) in [5.74, 6) is 3.67. The van der Waals surface area contributed by atoms with Gasteiger partial charge in [0.15, 0.2) is 11.5 Å². The van der Waals surface area contributed by atoms with Crippen molar-refractivity contribution in [3.05, 3.63) is 69.4 Å². The molecular formula is C37H42F4N8O4. The highest BCUT2D eigenvalue weighted by atomic mass is 19.4. The largest absolute Gasteiger partial charge is 0.461 e. The van der Waals surface area contributed by atoms with Crippen molar-refractivity contribution in [1.29, 1.82) is 0 Å². The Morgan fingerprint density at radius 2 is 2.02 bits per heavy atom. The van der Waals surface area contributed by atoms with E-state index in [0.29, 0.717) is 22.8 Å². The standard InChI is InChI=1S/C37H42F4N8O4/c1-6-8-22-11-25(42)31(38)29(30(22)37(39,40)41)28-13-26-24(17-52-28)32(44-34(43-26)53-20-36-9-7-10-48(36)15-21(2)14-36)47-16-23-12-27(33(50)46(4)5)45-49(23)19-35(3,51)18-47/h11-12,28,51H,2,7,9-10,13-20,42H2,1,3-5H3/t28-,35-,36+/m0/s1. The molecule has 0 unspecified atom stereocenters. The van der Waals surface area contributed by atoms with Gasteiger partial charge in [0, 0.05) is 43.8 Å². The molecule has 12 nitrogen and oxygen atoms in total. The second-order valence-electron chi connectivity index (χ2n) is 14.9. The van der Waals surface area contributed by atoms with Crippen molar-refractivity contribution in [3.8, 4) is 17.9 Å². The van der Waals surface area contributed by atoms with Crippen LogP contribution in [-0.4, -0.2) is 92.0 Å². The Bertz CT molecular complexity index is 2050. The van der Waals surface area contributed by atoms with Gasteiger partial charge in [-0.3, -0.25) is 14.4 Å². The van der Waals surface area contributed by atoms with Gasteiger partial charge < -0.3 is 30.1 Å². The van der Waals surface area contributed by atoms with Crippen molar-refractivity contribution < 1.29 is 36.9 Å². The van der Waals surface area contributed by atoms with Crippen LogP contribution in [0.2, 0.25) is 0 Å². The fourth-order valence-corrected chi connectivity index (χ4v) is 8.17. The minimum atomic E-state index is -4.97. The zero-order chi connectivity index (χ0) is 38.0. The molecule has 2 fully saturated rings. The number of fused-ring (bicyclic) bond motifs is 3. The molecule has 0 bridgehead atoms. The van der Waals surface area contributed by atoms with Crippen LogP contribution in [-0.2, 0) is 37.0 Å². The molecule has 0 aliphatic carbocycles. The number of hydrogen-bond acceptors (Lipinski definition) is 10. The van der Waals surface area contributed by atoms with Gasteiger partial charge in [0.2, 0.25) is 0 Å². The lowest BCUT2D eigenvalue weighted by atomic mass is 9.90. The number of nitrogens with two attached hydrogens (primary N) is 1. The van der Waals surface area contributed by atoms with Gasteiger partial charge in [0.05, 0.1) is 66.1 Å². The average Bonchev–Trinajstić information content (AvgIpc) is 3.72. The summed E-state index contributed by atoms with van der Waals surface area (Å²) in [6.45, 7) is 9.17. The Labute approximate surface area is 304 Å². The molecule has 282 valence electrons. The number of hydrogen-bond donors (Lipinski definition) is 2.